The number of piperidine rings is 1. The van der Waals surface area contributed by atoms with Crippen molar-refractivity contribution in [3.8, 4) is 5.75 Å². The molecule has 0 unspecified atom stereocenters. The summed E-state index contributed by atoms with van der Waals surface area (Å²) in [6.45, 7) is 2.39. The van der Waals surface area contributed by atoms with Crippen molar-refractivity contribution in [2.24, 2.45) is 0 Å². The second-order valence-electron chi connectivity index (χ2n) is 4.99. The second kappa shape index (κ2) is 5.41. The van der Waals surface area contributed by atoms with Crippen LogP contribution in [0.3, 0.4) is 0 Å². The molecule has 0 aromatic heterocycles. The monoisotopic (exact) mass is 273 g/mol. The lowest BCUT2D eigenvalue weighted by molar-refractivity contribution is 0.0169. The largest absolute Gasteiger partial charge is 0.493 e. The van der Waals surface area contributed by atoms with Crippen molar-refractivity contribution in [1.29, 1.82) is 0 Å². The molecule has 2 nitrogen and oxygen atoms in total. The number of benzene rings is 1. The van der Waals surface area contributed by atoms with E-state index < -0.39 is 11.7 Å². The van der Waals surface area contributed by atoms with Crippen LogP contribution in [0.25, 0.3) is 0 Å². The Morgan fingerprint density at radius 2 is 1.89 bits per heavy atom. The van der Waals surface area contributed by atoms with Crippen molar-refractivity contribution in [2.45, 2.75) is 31.6 Å². The van der Waals surface area contributed by atoms with Gasteiger partial charge in [-0.05, 0) is 44.0 Å². The summed E-state index contributed by atoms with van der Waals surface area (Å²) < 4.78 is 45.8. The molecule has 1 aliphatic heterocycles. The minimum atomic E-state index is -3.05. The van der Waals surface area contributed by atoms with Gasteiger partial charge >= 0.3 is 0 Å². The summed E-state index contributed by atoms with van der Waals surface area (Å²) >= 11 is 0. The molecule has 1 heterocycles. The van der Waals surface area contributed by atoms with Crippen LogP contribution in [-0.2, 0) is 5.92 Å². The fourth-order valence-electron chi connectivity index (χ4n) is 2.52. The molecule has 0 spiro atoms. The van der Waals surface area contributed by atoms with Gasteiger partial charge in [-0.25, -0.2) is 13.2 Å². The summed E-state index contributed by atoms with van der Waals surface area (Å²) in [4.78, 5) is 0. The van der Waals surface area contributed by atoms with Gasteiger partial charge in [0.1, 0.15) is 0 Å². The Kier molecular flexibility index (Phi) is 4.04. The molecule has 1 N–H and O–H groups in total. The number of hydrogen-bond donors (Lipinski definition) is 1. The van der Waals surface area contributed by atoms with Crippen molar-refractivity contribution in [3.05, 3.63) is 29.1 Å². The molecule has 0 saturated carbocycles. The maximum absolute atomic E-state index is 13.9. The number of alkyl halides is 2. The van der Waals surface area contributed by atoms with E-state index in [2.05, 4.69) is 5.32 Å². The van der Waals surface area contributed by atoms with Crippen LogP contribution in [0.4, 0.5) is 13.2 Å². The molecule has 19 heavy (non-hydrogen) atoms. The maximum atomic E-state index is 13.9. The molecule has 1 saturated heterocycles. The lowest BCUT2D eigenvalue weighted by Crippen LogP contribution is -2.27. The van der Waals surface area contributed by atoms with Crippen LogP contribution in [0.1, 0.15) is 36.8 Å². The minimum absolute atomic E-state index is 0.0630. The highest BCUT2D eigenvalue weighted by Crippen LogP contribution is 2.39. The number of rotatable bonds is 3. The molecular weight excluding hydrogens is 255 g/mol. The van der Waals surface area contributed by atoms with Gasteiger partial charge in [-0.1, -0.05) is 0 Å². The first-order valence-electron chi connectivity index (χ1n) is 6.40. The van der Waals surface area contributed by atoms with Crippen LogP contribution in [0, 0.1) is 5.82 Å². The van der Waals surface area contributed by atoms with Crippen molar-refractivity contribution in [1.82, 2.24) is 5.32 Å². The lowest BCUT2D eigenvalue weighted by atomic mass is 9.87. The van der Waals surface area contributed by atoms with Crippen molar-refractivity contribution >= 4 is 0 Å². The van der Waals surface area contributed by atoms with Crippen LogP contribution in [0.15, 0.2) is 12.1 Å². The van der Waals surface area contributed by atoms with Gasteiger partial charge in [0, 0.05) is 18.1 Å². The van der Waals surface area contributed by atoms with E-state index in [-0.39, 0.29) is 17.2 Å². The van der Waals surface area contributed by atoms with E-state index in [4.69, 9.17) is 4.74 Å². The van der Waals surface area contributed by atoms with Crippen LogP contribution >= 0.6 is 0 Å². The smallest absolute Gasteiger partial charge is 0.270 e. The highest BCUT2D eigenvalue weighted by Gasteiger charge is 2.29. The van der Waals surface area contributed by atoms with Crippen LogP contribution in [-0.4, -0.2) is 20.2 Å². The number of nitrogens with one attached hydrogen (secondary N) is 1. The molecule has 5 heteroatoms. The average Bonchev–Trinajstić information content (AvgIpc) is 2.37. The number of ether oxygens (including phenoxy) is 1. The molecule has 0 amide bonds. The fraction of sp³-hybridized carbons (Fsp3) is 0.571. The standard InChI is InChI=1S/C14H18F3NO/c1-14(16,17)10-7-11(9-3-5-18-6-4-9)13(19-2)12(15)8-10/h7-9,18H,3-6H2,1-2H3. The summed E-state index contributed by atoms with van der Waals surface area (Å²) in [5, 5.41) is 3.20. The third-order valence-electron chi connectivity index (χ3n) is 3.56. The summed E-state index contributed by atoms with van der Waals surface area (Å²) in [5.41, 5.74) is 0.264. The molecule has 0 atom stereocenters. The molecule has 0 bridgehead atoms. The van der Waals surface area contributed by atoms with Crippen molar-refractivity contribution in [2.75, 3.05) is 20.2 Å². The number of methoxy groups -OCH3 is 1. The third kappa shape index (κ3) is 3.03. The van der Waals surface area contributed by atoms with Crippen LogP contribution < -0.4 is 10.1 Å². The Bertz CT molecular complexity index is 451. The maximum Gasteiger partial charge on any atom is 0.270 e. The van der Waals surface area contributed by atoms with Gasteiger partial charge in [-0.15, -0.1) is 0 Å². The van der Waals surface area contributed by atoms with E-state index in [1.807, 2.05) is 0 Å². The highest BCUT2D eigenvalue weighted by molar-refractivity contribution is 5.42. The Hall–Kier alpha value is -1.23. The zero-order valence-electron chi connectivity index (χ0n) is 11.1. The quantitative estimate of drug-likeness (QED) is 0.911. The predicted octanol–water partition coefficient (Wildman–Crippen LogP) is 3.41. The highest BCUT2D eigenvalue weighted by atomic mass is 19.3. The van der Waals surface area contributed by atoms with Gasteiger partial charge in [0.2, 0.25) is 0 Å². The summed E-state index contributed by atoms with van der Waals surface area (Å²) in [5.74, 6) is -3.60. The minimum Gasteiger partial charge on any atom is -0.493 e. The van der Waals surface area contributed by atoms with Crippen molar-refractivity contribution < 1.29 is 17.9 Å². The molecule has 1 aliphatic rings. The Balaban J connectivity index is 2.46. The lowest BCUT2D eigenvalue weighted by Gasteiger charge is -2.26. The molecule has 2 rings (SSSR count). The van der Waals surface area contributed by atoms with E-state index in [9.17, 15) is 13.2 Å². The molecular formula is C14H18F3NO. The first-order chi connectivity index (χ1) is 8.93. The predicted molar refractivity (Wildman–Crippen MR) is 67.4 cm³/mol. The molecule has 1 fully saturated rings. The average molecular weight is 273 g/mol. The normalized spacial score (nSPS) is 17.5. The van der Waals surface area contributed by atoms with Crippen molar-refractivity contribution in [3.63, 3.8) is 0 Å². The van der Waals surface area contributed by atoms with Gasteiger partial charge < -0.3 is 10.1 Å². The van der Waals surface area contributed by atoms with Gasteiger partial charge in [0.25, 0.3) is 5.92 Å². The Labute approximate surface area is 111 Å². The van der Waals surface area contributed by atoms with Crippen LogP contribution in [0.5, 0.6) is 5.75 Å². The SMILES string of the molecule is COc1c(F)cc(C(C)(F)F)cc1C1CCNCC1. The van der Waals surface area contributed by atoms with Gasteiger partial charge in [-0.3, -0.25) is 0 Å². The topological polar surface area (TPSA) is 21.3 Å². The van der Waals surface area contributed by atoms with Gasteiger partial charge in [0.15, 0.2) is 11.6 Å². The van der Waals surface area contributed by atoms with E-state index >= 15 is 0 Å². The Morgan fingerprint density at radius 1 is 1.26 bits per heavy atom. The number of halogens is 3. The Morgan fingerprint density at radius 3 is 2.42 bits per heavy atom. The zero-order valence-corrected chi connectivity index (χ0v) is 11.1. The molecule has 1 aromatic carbocycles. The summed E-state index contributed by atoms with van der Waals surface area (Å²) in [6, 6.07) is 2.25. The van der Waals surface area contributed by atoms with E-state index in [1.54, 1.807) is 0 Å². The first-order valence-corrected chi connectivity index (χ1v) is 6.40. The molecule has 0 aliphatic carbocycles. The zero-order chi connectivity index (χ0) is 14.0. The first kappa shape index (κ1) is 14.2. The molecule has 106 valence electrons. The summed E-state index contributed by atoms with van der Waals surface area (Å²) in [7, 11) is 1.37. The van der Waals surface area contributed by atoms with Gasteiger partial charge in [-0.2, -0.15) is 0 Å². The van der Waals surface area contributed by atoms with Gasteiger partial charge in [0.05, 0.1) is 7.11 Å². The van der Waals surface area contributed by atoms with E-state index in [1.165, 1.54) is 13.2 Å². The molecule has 1 aromatic rings. The van der Waals surface area contributed by atoms with E-state index in [0.29, 0.717) is 5.56 Å². The number of hydrogen-bond acceptors (Lipinski definition) is 2. The second-order valence-corrected chi connectivity index (χ2v) is 4.99. The fourth-order valence-corrected chi connectivity index (χ4v) is 2.52. The molecule has 0 radical (unpaired) electrons. The third-order valence-corrected chi connectivity index (χ3v) is 3.56. The summed E-state index contributed by atoms with van der Waals surface area (Å²) in [6.07, 6.45) is 1.60. The van der Waals surface area contributed by atoms with E-state index in [0.717, 1.165) is 38.9 Å². The van der Waals surface area contributed by atoms with Crippen LogP contribution in [0.2, 0.25) is 0 Å².